The van der Waals surface area contributed by atoms with Crippen LogP contribution in [-0.2, 0) is 9.53 Å². The fourth-order valence-electron chi connectivity index (χ4n) is 3.22. The fraction of sp³-hybridized carbons (Fsp3) is 0.500. The Kier molecular flexibility index (Phi) is 3.72. The maximum absolute atomic E-state index is 12.4. The lowest BCUT2D eigenvalue weighted by Gasteiger charge is -2.36. The van der Waals surface area contributed by atoms with Crippen molar-refractivity contribution >= 4 is 33.3 Å². The molecular weight excluding hydrogens is 298 g/mol. The van der Waals surface area contributed by atoms with Gasteiger partial charge in [0.1, 0.15) is 11.9 Å². The van der Waals surface area contributed by atoms with E-state index in [1.165, 1.54) is 10.1 Å². The molecule has 0 N–H and O–H groups in total. The molecule has 0 saturated carbocycles. The number of amides is 1. The zero-order valence-corrected chi connectivity index (χ0v) is 13.2. The molecule has 6 heteroatoms. The Morgan fingerprint density at radius 3 is 2.82 bits per heavy atom. The van der Waals surface area contributed by atoms with Crippen LogP contribution in [0.5, 0.6) is 0 Å². The molecule has 5 nitrogen and oxygen atoms in total. The number of carbonyl (C=O) groups excluding carboxylic acids is 1. The van der Waals surface area contributed by atoms with Crippen LogP contribution in [0.25, 0.3) is 10.1 Å². The number of nitrogens with zero attached hydrogens (tertiary/aromatic N) is 3. The average molecular weight is 317 g/mol. The normalized spacial score (nSPS) is 22.5. The molecule has 1 aromatic heterocycles. The highest BCUT2D eigenvalue weighted by molar-refractivity contribution is 7.13. The molecule has 116 valence electrons. The molecule has 2 aliphatic rings. The molecule has 0 aliphatic carbocycles. The molecule has 0 bridgehead atoms. The van der Waals surface area contributed by atoms with Gasteiger partial charge in [-0.3, -0.25) is 4.79 Å². The SMILES string of the molecule is O=C([C@@H]1CCCO1)N1CCN(c2nsc3ccccc23)CC1. The summed E-state index contributed by atoms with van der Waals surface area (Å²) >= 11 is 1.54. The molecule has 0 unspecified atom stereocenters. The van der Waals surface area contributed by atoms with Gasteiger partial charge < -0.3 is 14.5 Å². The molecule has 2 aromatic rings. The number of benzene rings is 1. The van der Waals surface area contributed by atoms with Crippen LogP contribution in [0.3, 0.4) is 0 Å². The Hall–Kier alpha value is -1.66. The first-order valence-corrected chi connectivity index (χ1v) is 8.60. The number of anilines is 1. The maximum Gasteiger partial charge on any atom is 0.251 e. The summed E-state index contributed by atoms with van der Waals surface area (Å²) in [5.74, 6) is 1.23. The summed E-state index contributed by atoms with van der Waals surface area (Å²) in [5, 5.41) is 1.21. The molecule has 1 aromatic carbocycles. The zero-order chi connectivity index (χ0) is 14.9. The van der Waals surface area contributed by atoms with E-state index in [0.717, 1.165) is 51.4 Å². The van der Waals surface area contributed by atoms with Crippen LogP contribution in [0.4, 0.5) is 5.82 Å². The monoisotopic (exact) mass is 317 g/mol. The van der Waals surface area contributed by atoms with Crippen molar-refractivity contribution in [2.45, 2.75) is 18.9 Å². The van der Waals surface area contributed by atoms with Gasteiger partial charge in [-0.05, 0) is 36.5 Å². The van der Waals surface area contributed by atoms with E-state index in [9.17, 15) is 4.79 Å². The Bertz CT molecular complexity index is 673. The van der Waals surface area contributed by atoms with Crippen molar-refractivity contribution in [2.24, 2.45) is 0 Å². The summed E-state index contributed by atoms with van der Waals surface area (Å²) < 4.78 is 11.3. The van der Waals surface area contributed by atoms with E-state index in [-0.39, 0.29) is 12.0 Å². The standard InChI is InChI=1S/C16H19N3O2S/c20-16(13-5-3-11-21-13)19-9-7-18(8-10-19)15-12-4-1-2-6-14(12)22-17-15/h1-2,4,6,13H,3,5,7-11H2/t13-/m0/s1. The van der Waals surface area contributed by atoms with E-state index >= 15 is 0 Å². The maximum atomic E-state index is 12.4. The second-order valence-electron chi connectivity index (χ2n) is 5.82. The molecule has 2 aliphatic heterocycles. The highest BCUT2D eigenvalue weighted by Crippen LogP contribution is 2.30. The molecular formula is C16H19N3O2S. The first-order valence-electron chi connectivity index (χ1n) is 7.83. The van der Waals surface area contributed by atoms with Gasteiger partial charge in [-0.2, -0.15) is 4.37 Å². The second-order valence-corrected chi connectivity index (χ2v) is 6.62. The first-order chi connectivity index (χ1) is 10.8. The van der Waals surface area contributed by atoms with Crippen molar-refractivity contribution < 1.29 is 9.53 Å². The van der Waals surface area contributed by atoms with Gasteiger partial charge in [-0.25, -0.2) is 0 Å². The van der Waals surface area contributed by atoms with Gasteiger partial charge in [0.15, 0.2) is 0 Å². The molecule has 4 rings (SSSR count). The highest BCUT2D eigenvalue weighted by atomic mass is 32.1. The summed E-state index contributed by atoms with van der Waals surface area (Å²) in [6.07, 6.45) is 1.67. The van der Waals surface area contributed by atoms with Crippen molar-refractivity contribution in [3.8, 4) is 0 Å². The van der Waals surface area contributed by atoms with Crippen LogP contribution >= 0.6 is 11.5 Å². The van der Waals surface area contributed by atoms with Crippen LogP contribution in [0.2, 0.25) is 0 Å². The summed E-state index contributed by atoms with van der Waals surface area (Å²) in [4.78, 5) is 16.6. The minimum Gasteiger partial charge on any atom is -0.368 e. The van der Waals surface area contributed by atoms with E-state index < -0.39 is 0 Å². The number of ether oxygens (including phenoxy) is 1. The van der Waals surface area contributed by atoms with Crippen LogP contribution in [0, 0.1) is 0 Å². The van der Waals surface area contributed by atoms with Crippen LogP contribution < -0.4 is 4.90 Å². The number of carbonyl (C=O) groups is 1. The second kappa shape index (κ2) is 5.85. The minimum absolute atomic E-state index is 0.167. The van der Waals surface area contributed by atoms with E-state index in [0.29, 0.717) is 0 Å². The Morgan fingerprint density at radius 1 is 1.23 bits per heavy atom. The third-order valence-electron chi connectivity index (χ3n) is 4.45. The third kappa shape index (κ3) is 2.46. The van der Waals surface area contributed by atoms with Crippen molar-refractivity contribution in [3.05, 3.63) is 24.3 Å². The lowest BCUT2D eigenvalue weighted by molar-refractivity contribution is -0.141. The number of fused-ring (bicyclic) bond motifs is 1. The van der Waals surface area contributed by atoms with Crippen LogP contribution in [0.1, 0.15) is 12.8 Å². The topological polar surface area (TPSA) is 45.7 Å². The predicted octanol–water partition coefficient (Wildman–Crippen LogP) is 2.12. The lowest BCUT2D eigenvalue weighted by Crippen LogP contribution is -2.51. The summed E-state index contributed by atoms with van der Waals surface area (Å²) in [5.41, 5.74) is 0. The summed E-state index contributed by atoms with van der Waals surface area (Å²) in [6, 6.07) is 8.33. The summed E-state index contributed by atoms with van der Waals surface area (Å²) in [6.45, 7) is 3.91. The smallest absolute Gasteiger partial charge is 0.251 e. The predicted molar refractivity (Wildman–Crippen MR) is 87.4 cm³/mol. The molecule has 0 spiro atoms. The molecule has 22 heavy (non-hydrogen) atoms. The number of piperazine rings is 1. The number of hydrogen-bond acceptors (Lipinski definition) is 5. The molecule has 3 heterocycles. The van der Waals surface area contributed by atoms with E-state index in [1.54, 1.807) is 11.5 Å². The number of hydrogen-bond donors (Lipinski definition) is 0. The van der Waals surface area contributed by atoms with Crippen molar-refractivity contribution in [2.75, 3.05) is 37.7 Å². The Balaban J connectivity index is 1.44. The van der Waals surface area contributed by atoms with Crippen LogP contribution in [0.15, 0.2) is 24.3 Å². The van der Waals surface area contributed by atoms with Gasteiger partial charge in [0, 0.05) is 38.2 Å². The van der Waals surface area contributed by atoms with Gasteiger partial charge in [0.05, 0.1) is 4.70 Å². The van der Waals surface area contributed by atoms with E-state index in [1.807, 2.05) is 11.0 Å². The molecule has 2 saturated heterocycles. The van der Waals surface area contributed by atoms with Crippen molar-refractivity contribution in [1.29, 1.82) is 0 Å². The van der Waals surface area contributed by atoms with Crippen molar-refractivity contribution in [1.82, 2.24) is 9.27 Å². The van der Waals surface area contributed by atoms with Crippen LogP contribution in [-0.4, -0.2) is 54.1 Å². The molecule has 1 atom stereocenters. The Labute approximate surface area is 133 Å². The minimum atomic E-state index is -0.202. The van der Waals surface area contributed by atoms with E-state index in [4.69, 9.17) is 4.74 Å². The molecule has 2 fully saturated rings. The van der Waals surface area contributed by atoms with Gasteiger partial charge in [-0.15, -0.1) is 0 Å². The quantitative estimate of drug-likeness (QED) is 0.851. The van der Waals surface area contributed by atoms with E-state index in [2.05, 4.69) is 27.5 Å². The number of rotatable bonds is 2. The Morgan fingerprint density at radius 2 is 2.05 bits per heavy atom. The third-order valence-corrected chi connectivity index (χ3v) is 5.27. The largest absolute Gasteiger partial charge is 0.368 e. The van der Waals surface area contributed by atoms with Gasteiger partial charge >= 0.3 is 0 Å². The zero-order valence-electron chi connectivity index (χ0n) is 12.4. The average Bonchev–Trinajstić information content (AvgIpc) is 3.24. The lowest BCUT2D eigenvalue weighted by atomic mass is 10.2. The number of aromatic nitrogens is 1. The van der Waals surface area contributed by atoms with Gasteiger partial charge in [0.25, 0.3) is 5.91 Å². The van der Waals surface area contributed by atoms with Gasteiger partial charge in [0.2, 0.25) is 0 Å². The molecule has 1 amide bonds. The molecule has 0 radical (unpaired) electrons. The summed E-state index contributed by atoms with van der Waals surface area (Å²) in [7, 11) is 0. The fourth-order valence-corrected chi connectivity index (χ4v) is 4.01. The van der Waals surface area contributed by atoms with Crippen molar-refractivity contribution in [3.63, 3.8) is 0 Å². The first kappa shape index (κ1) is 14.0. The highest BCUT2D eigenvalue weighted by Gasteiger charge is 2.30. The van der Waals surface area contributed by atoms with Gasteiger partial charge in [-0.1, -0.05) is 12.1 Å².